The van der Waals surface area contributed by atoms with Gasteiger partial charge in [0.15, 0.2) is 0 Å². The summed E-state index contributed by atoms with van der Waals surface area (Å²) in [5, 5.41) is 16.8. The van der Waals surface area contributed by atoms with Crippen LogP contribution in [0, 0.1) is 27.7 Å². The van der Waals surface area contributed by atoms with Gasteiger partial charge in [-0.1, -0.05) is 0 Å². The van der Waals surface area contributed by atoms with E-state index in [0.29, 0.717) is 18.5 Å². The molecule has 0 radical (unpaired) electrons. The van der Waals surface area contributed by atoms with E-state index in [1.54, 1.807) is 0 Å². The fourth-order valence-electron chi connectivity index (χ4n) is 2.24. The van der Waals surface area contributed by atoms with Crippen molar-refractivity contribution in [2.24, 2.45) is 5.92 Å². The van der Waals surface area contributed by atoms with E-state index in [1.807, 2.05) is 0 Å². The molecule has 1 aliphatic heterocycles. The first-order chi connectivity index (χ1) is 9.08. The van der Waals surface area contributed by atoms with Crippen LogP contribution >= 0.6 is 0 Å². The molecule has 0 amide bonds. The van der Waals surface area contributed by atoms with Crippen LogP contribution in [-0.2, 0) is 0 Å². The Morgan fingerprint density at radius 2 is 2.26 bits per heavy atom. The Bertz CT molecular complexity index is 476. The lowest BCUT2D eigenvalue weighted by atomic mass is 9.99. The molecule has 0 saturated carbocycles. The molecule has 1 aromatic carbocycles. The van der Waals surface area contributed by atoms with Crippen molar-refractivity contribution in [2.75, 3.05) is 25.0 Å². The third kappa shape index (κ3) is 3.37. The second-order valence-electron chi connectivity index (χ2n) is 4.63. The Balaban J connectivity index is 2.12. The molecule has 5 nitrogen and oxygen atoms in total. The summed E-state index contributed by atoms with van der Waals surface area (Å²) < 4.78 is 26.5. The van der Waals surface area contributed by atoms with Crippen molar-refractivity contribution < 1.29 is 13.7 Å². The van der Waals surface area contributed by atoms with Crippen molar-refractivity contribution in [1.29, 1.82) is 0 Å². The maximum absolute atomic E-state index is 13.4. The van der Waals surface area contributed by atoms with Crippen molar-refractivity contribution in [1.82, 2.24) is 5.32 Å². The average molecular weight is 271 g/mol. The lowest BCUT2D eigenvalue weighted by molar-refractivity contribution is -0.386. The van der Waals surface area contributed by atoms with E-state index in [2.05, 4.69) is 10.6 Å². The van der Waals surface area contributed by atoms with E-state index >= 15 is 0 Å². The van der Waals surface area contributed by atoms with Gasteiger partial charge in [0.25, 0.3) is 0 Å². The molecule has 0 bridgehead atoms. The Labute approximate surface area is 109 Å². The highest BCUT2D eigenvalue weighted by atomic mass is 19.1. The zero-order valence-electron chi connectivity index (χ0n) is 10.3. The van der Waals surface area contributed by atoms with E-state index in [0.717, 1.165) is 32.0 Å². The fraction of sp³-hybridized carbons (Fsp3) is 0.500. The molecular formula is C12H15F2N3O2. The largest absolute Gasteiger partial charge is 0.379 e. The number of nitrogens with one attached hydrogen (secondary N) is 2. The first-order valence-electron chi connectivity index (χ1n) is 6.16. The van der Waals surface area contributed by atoms with Crippen molar-refractivity contribution in [3.05, 3.63) is 33.9 Å². The van der Waals surface area contributed by atoms with Gasteiger partial charge in [-0.25, -0.2) is 4.39 Å². The van der Waals surface area contributed by atoms with Gasteiger partial charge in [0.05, 0.1) is 4.92 Å². The van der Waals surface area contributed by atoms with Gasteiger partial charge in [0, 0.05) is 18.7 Å². The minimum atomic E-state index is -1.16. The van der Waals surface area contributed by atoms with Crippen molar-refractivity contribution in [3.63, 3.8) is 0 Å². The molecule has 0 spiro atoms. The smallest absolute Gasteiger partial charge is 0.327 e. The van der Waals surface area contributed by atoms with E-state index in [9.17, 15) is 18.9 Å². The number of piperidine rings is 1. The van der Waals surface area contributed by atoms with E-state index in [4.69, 9.17) is 0 Å². The lowest BCUT2D eigenvalue weighted by Gasteiger charge is -2.23. The molecule has 0 aliphatic carbocycles. The van der Waals surface area contributed by atoms with Crippen molar-refractivity contribution in [2.45, 2.75) is 12.8 Å². The summed E-state index contributed by atoms with van der Waals surface area (Å²) in [5.41, 5.74) is -0.807. The molecule has 1 saturated heterocycles. The highest BCUT2D eigenvalue weighted by Gasteiger charge is 2.23. The maximum Gasteiger partial charge on any atom is 0.327 e. The van der Waals surface area contributed by atoms with Crippen LogP contribution in [0.4, 0.5) is 20.2 Å². The zero-order valence-corrected chi connectivity index (χ0v) is 10.3. The molecule has 0 aromatic heterocycles. The molecule has 1 fully saturated rings. The predicted molar refractivity (Wildman–Crippen MR) is 67.1 cm³/mol. The van der Waals surface area contributed by atoms with Crippen LogP contribution < -0.4 is 10.6 Å². The van der Waals surface area contributed by atoms with E-state index < -0.39 is 22.2 Å². The summed E-state index contributed by atoms with van der Waals surface area (Å²) in [6, 6.07) is 1.48. The van der Waals surface area contributed by atoms with Crippen LogP contribution in [-0.4, -0.2) is 24.6 Å². The van der Waals surface area contributed by atoms with Crippen LogP contribution in [0.15, 0.2) is 12.1 Å². The number of nitro benzene ring substituents is 1. The van der Waals surface area contributed by atoms with Crippen molar-refractivity contribution in [3.8, 4) is 0 Å². The van der Waals surface area contributed by atoms with Gasteiger partial charge in [-0.2, -0.15) is 4.39 Å². The highest BCUT2D eigenvalue weighted by Crippen LogP contribution is 2.29. The number of nitrogens with zero attached hydrogens (tertiary/aromatic N) is 1. The molecule has 1 atom stereocenters. The number of hydrogen-bond donors (Lipinski definition) is 2. The quantitative estimate of drug-likeness (QED) is 0.651. The number of anilines is 1. The van der Waals surface area contributed by atoms with Gasteiger partial charge in [0.1, 0.15) is 11.5 Å². The summed E-state index contributed by atoms with van der Waals surface area (Å²) in [7, 11) is 0. The molecule has 1 heterocycles. The minimum absolute atomic E-state index is 0.104. The summed E-state index contributed by atoms with van der Waals surface area (Å²) in [4.78, 5) is 9.96. The minimum Gasteiger partial charge on any atom is -0.379 e. The van der Waals surface area contributed by atoms with Gasteiger partial charge < -0.3 is 10.6 Å². The van der Waals surface area contributed by atoms with Gasteiger partial charge in [0.2, 0.25) is 5.82 Å². The third-order valence-corrected chi connectivity index (χ3v) is 3.19. The topological polar surface area (TPSA) is 67.2 Å². The van der Waals surface area contributed by atoms with Crippen LogP contribution in [0.1, 0.15) is 12.8 Å². The van der Waals surface area contributed by atoms with Gasteiger partial charge in [-0.3, -0.25) is 10.1 Å². The van der Waals surface area contributed by atoms with Crippen LogP contribution in [0.2, 0.25) is 0 Å². The number of nitro groups is 1. The maximum atomic E-state index is 13.4. The summed E-state index contributed by atoms with van der Waals surface area (Å²) in [6.07, 6.45) is 2.03. The summed E-state index contributed by atoms with van der Waals surface area (Å²) in [6.45, 7) is 2.22. The molecule has 1 unspecified atom stereocenters. The molecule has 7 heteroatoms. The van der Waals surface area contributed by atoms with Crippen LogP contribution in [0.3, 0.4) is 0 Å². The monoisotopic (exact) mass is 271 g/mol. The summed E-state index contributed by atoms with van der Waals surface area (Å²) in [5.74, 6) is -1.68. The summed E-state index contributed by atoms with van der Waals surface area (Å²) >= 11 is 0. The third-order valence-electron chi connectivity index (χ3n) is 3.19. The first kappa shape index (κ1) is 13.7. The molecule has 19 heavy (non-hydrogen) atoms. The molecule has 1 aliphatic rings. The molecule has 1 aromatic rings. The van der Waals surface area contributed by atoms with E-state index in [1.165, 1.54) is 0 Å². The number of rotatable bonds is 4. The zero-order chi connectivity index (χ0) is 13.8. The highest BCUT2D eigenvalue weighted by molar-refractivity contribution is 5.62. The number of halogens is 2. The second kappa shape index (κ2) is 5.92. The van der Waals surface area contributed by atoms with Crippen molar-refractivity contribution >= 4 is 11.4 Å². The van der Waals surface area contributed by atoms with Gasteiger partial charge in [-0.15, -0.1) is 0 Å². The number of benzene rings is 1. The molecular weight excluding hydrogens is 256 g/mol. The lowest BCUT2D eigenvalue weighted by Crippen LogP contribution is -2.33. The second-order valence-corrected chi connectivity index (χ2v) is 4.63. The predicted octanol–water partition coefficient (Wildman–Crippen LogP) is 2.28. The normalized spacial score (nSPS) is 19.2. The Hall–Kier alpha value is -1.76. The van der Waals surface area contributed by atoms with Crippen LogP contribution in [0.25, 0.3) is 0 Å². The van der Waals surface area contributed by atoms with Crippen LogP contribution in [0.5, 0.6) is 0 Å². The molecule has 2 rings (SSSR count). The average Bonchev–Trinajstić information content (AvgIpc) is 2.36. The molecule has 104 valence electrons. The van der Waals surface area contributed by atoms with Gasteiger partial charge >= 0.3 is 5.69 Å². The Kier molecular flexibility index (Phi) is 4.26. The van der Waals surface area contributed by atoms with Gasteiger partial charge in [-0.05, 0) is 31.8 Å². The standard InChI is InChI=1S/C12H15F2N3O2/c13-9-4-10(14)12(17(18)19)11(5-9)16-7-8-2-1-3-15-6-8/h4-5,8,15-16H,1-3,6-7H2. The van der Waals surface area contributed by atoms with E-state index in [-0.39, 0.29) is 5.69 Å². The SMILES string of the molecule is O=[N+]([O-])c1c(F)cc(F)cc1NCC1CCCNC1. The Morgan fingerprint density at radius 1 is 1.47 bits per heavy atom. The fourth-order valence-corrected chi connectivity index (χ4v) is 2.24. The number of hydrogen-bond acceptors (Lipinski definition) is 4. The Morgan fingerprint density at radius 3 is 2.89 bits per heavy atom. The molecule has 2 N–H and O–H groups in total. The first-order valence-corrected chi connectivity index (χ1v) is 6.16.